The SMILES string of the molecule is CCOc1ccc(NC(=O)[C@H]2[C@@H]3OC4(CC3Br)C(C(=O)Nc3ccc(Cl)cc3)N([C@@H](CO)Cc3ccccc3)C(=O)[C@H]24)cc1. The van der Waals surface area contributed by atoms with Crippen LogP contribution < -0.4 is 15.4 Å². The monoisotopic (exact) mass is 681 g/mol. The van der Waals surface area contributed by atoms with Crippen LogP contribution in [0.15, 0.2) is 78.9 Å². The molecule has 7 atom stereocenters. The summed E-state index contributed by atoms with van der Waals surface area (Å²) in [6.07, 6.45) is 0.0433. The van der Waals surface area contributed by atoms with Crippen LogP contribution in [0.3, 0.4) is 0 Å². The molecule has 3 saturated heterocycles. The fraction of sp³-hybridized carbons (Fsp3) is 0.364. The summed E-state index contributed by atoms with van der Waals surface area (Å²) >= 11 is 9.76. The van der Waals surface area contributed by atoms with E-state index in [0.29, 0.717) is 41.6 Å². The van der Waals surface area contributed by atoms with Crippen LogP contribution in [-0.4, -0.2) is 69.6 Å². The first-order chi connectivity index (χ1) is 21.3. The van der Waals surface area contributed by atoms with E-state index >= 15 is 0 Å². The molecular formula is C33H33BrClN3O6. The molecule has 0 aliphatic carbocycles. The molecule has 6 rings (SSSR count). The van der Waals surface area contributed by atoms with Gasteiger partial charge in [-0.25, -0.2) is 0 Å². The highest BCUT2D eigenvalue weighted by molar-refractivity contribution is 9.09. The average molecular weight is 683 g/mol. The number of likely N-dealkylation sites (tertiary alicyclic amines) is 1. The van der Waals surface area contributed by atoms with E-state index in [1.165, 1.54) is 4.90 Å². The number of anilines is 2. The van der Waals surface area contributed by atoms with Crippen molar-refractivity contribution in [3.63, 3.8) is 0 Å². The molecular weight excluding hydrogens is 650 g/mol. The number of aliphatic hydroxyl groups excluding tert-OH is 1. The van der Waals surface area contributed by atoms with Crippen LogP contribution in [0, 0.1) is 11.8 Å². The largest absolute Gasteiger partial charge is 0.494 e. The van der Waals surface area contributed by atoms with Crippen molar-refractivity contribution in [1.29, 1.82) is 0 Å². The van der Waals surface area contributed by atoms with E-state index in [-0.39, 0.29) is 23.2 Å². The molecule has 11 heteroatoms. The van der Waals surface area contributed by atoms with Gasteiger partial charge in [-0.15, -0.1) is 0 Å². The number of aliphatic hydroxyl groups is 1. The second-order valence-electron chi connectivity index (χ2n) is 11.4. The number of carbonyl (C=O) groups is 3. The van der Waals surface area contributed by atoms with Crippen molar-refractivity contribution in [1.82, 2.24) is 4.90 Å². The molecule has 3 aromatic carbocycles. The van der Waals surface area contributed by atoms with Crippen LogP contribution in [0.1, 0.15) is 18.9 Å². The van der Waals surface area contributed by atoms with Crippen molar-refractivity contribution in [2.45, 2.75) is 48.4 Å². The van der Waals surface area contributed by atoms with Gasteiger partial charge in [0, 0.05) is 21.2 Å². The number of amides is 3. The maximum atomic E-state index is 14.5. The number of hydrogen-bond donors (Lipinski definition) is 3. The minimum absolute atomic E-state index is 0.268. The number of ether oxygens (including phenoxy) is 2. The molecule has 3 N–H and O–H groups in total. The van der Waals surface area contributed by atoms with Gasteiger partial charge in [-0.3, -0.25) is 14.4 Å². The van der Waals surface area contributed by atoms with Crippen LogP contribution >= 0.6 is 27.5 Å². The van der Waals surface area contributed by atoms with Crippen molar-refractivity contribution in [3.8, 4) is 5.75 Å². The van der Waals surface area contributed by atoms with E-state index in [4.69, 9.17) is 21.1 Å². The third-order valence-electron chi connectivity index (χ3n) is 8.74. The number of benzene rings is 3. The minimum atomic E-state index is -1.28. The van der Waals surface area contributed by atoms with E-state index in [0.717, 1.165) is 5.56 Å². The van der Waals surface area contributed by atoms with Gasteiger partial charge in [0.1, 0.15) is 17.4 Å². The van der Waals surface area contributed by atoms with Crippen LogP contribution in [0.4, 0.5) is 11.4 Å². The zero-order chi connectivity index (χ0) is 31.0. The van der Waals surface area contributed by atoms with Gasteiger partial charge >= 0.3 is 0 Å². The molecule has 3 heterocycles. The molecule has 2 bridgehead atoms. The second kappa shape index (κ2) is 12.5. The third-order valence-corrected chi connectivity index (χ3v) is 9.84. The zero-order valence-electron chi connectivity index (χ0n) is 24.0. The Hall–Kier alpha value is -3.44. The van der Waals surface area contributed by atoms with Crippen molar-refractivity contribution >= 4 is 56.6 Å². The Balaban J connectivity index is 1.35. The van der Waals surface area contributed by atoms with E-state index in [2.05, 4.69) is 26.6 Å². The van der Waals surface area contributed by atoms with Gasteiger partial charge in [0.25, 0.3) is 0 Å². The molecule has 3 aliphatic rings. The lowest BCUT2D eigenvalue weighted by Gasteiger charge is -2.37. The highest BCUT2D eigenvalue weighted by Crippen LogP contribution is 2.60. The summed E-state index contributed by atoms with van der Waals surface area (Å²) in [4.78, 5) is 43.8. The normalized spacial score (nSPS) is 27.6. The highest BCUT2D eigenvalue weighted by atomic mass is 79.9. The number of nitrogens with one attached hydrogen (secondary N) is 2. The molecule has 0 radical (unpaired) electrons. The summed E-state index contributed by atoms with van der Waals surface area (Å²) in [6.45, 7) is 2.04. The lowest BCUT2D eigenvalue weighted by atomic mass is 9.70. The van der Waals surface area contributed by atoms with Crippen LogP contribution in [-0.2, 0) is 25.5 Å². The van der Waals surface area contributed by atoms with Crippen LogP contribution in [0.25, 0.3) is 0 Å². The van der Waals surface area contributed by atoms with Crippen molar-refractivity contribution in [2.75, 3.05) is 23.8 Å². The molecule has 3 fully saturated rings. The van der Waals surface area contributed by atoms with E-state index in [9.17, 15) is 19.5 Å². The maximum absolute atomic E-state index is 14.5. The topological polar surface area (TPSA) is 117 Å². The summed E-state index contributed by atoms with van der Waals surface area (Å²) in [5.74, 6) is -2.31. The molecule has 3 amide bonds. The number of rotatable bonds is 10. The molecule has 0 saturated carbocycles. The molecule has 9 nitrogen and oxygen atoms in total. The smallest absolute Gasteiger partial charge is 0.250 e. The summed E-state index contributed by atoms with van der Waals surface area (Å²) in [5, 5.41) is 17.0. The van der Waals surface area contributed by atoms with Gasteiger partial charge in [-0.1, -0.05) is 57.9 Å². The van der Waals surface area contributed by atoms with Crippen molar-refractivity contribution in [3.05, 3.63) is 89.4 Å². The molecule has 0 aromatic heterocycles. The lowest BCUT2D eigenvalue weighted by Crippen LogP contribution is -2.57. The summed E-state index contributed by atoms with van der Waals surface area (Å²) in [7, 11) is 0. The summed E-state index contributed by atoms with van der Waals surface area (Å²) < 4.78 is 12.1. The van der Waals surface area contributed by atoms with Crippen LogP contribution in [0.2, 0.25) is 5.02 Å². The van der Waals surface area contributed by atoms with E-state index in [1.807, 2.05) is 37.3 Å². The molecule has 1 spiro atoms. The first-order valence-corrected chi connectivity index (χ1v) is 15.9. The van der Waals surface area contributed by atoms with E-state index in [1.54, 1.807) is 48.5 Å². The Morgan fingerprint density at radius 1 is 1.05 bits per heavy atom. The number of nitrogens with zero attached hydrogens (tertiary/aromatic N) is 1. The van der Waals surface area contributed by atoms with Gasteiger partial charge in [0.05, 0.1) is 37.2 Å². The standard InChI is InChI=1S/C33H33BrClN3O6/c1-2-43-24-14-12-22(13-15-24)36-30(40)26-27-32(42)38(23(18-39)16-19-6-4-3-5-7-19)29(33(27)17-25(34)28(26)44-33)31(41)37-21-10-8-20(35)9-11-21/h3-15,23,25-29,39H,2,16-18H2,1H3,(H,36,40)(H,37,41)/t23-,25?,26-,27+,28-,29?,33?/m1/s1. The van der Waals surface area contributed by atoms with E-state index < -0.39 is 41.5 Å². The first kappa shape index (κ1) is 30.6. The highest BCUT2D eigenvalue weighted by Gasteiger charge is 2.77. The quantitative estimate of drug-likeness (QED) is 0.268. The number of alkyl halides is 1. The first-order valence-electron chi connectivity index (χ1n) is 14.6. The van der Waals surface area contributed by atoms with Crippen molar-refractivity contribution in [2.24, 2.45) is 11.8 Å². The maximum Gasteiger partial charge on any atom is 0.250 e. The molecule has 3 aromatic rings. The molecule has 44 heavy (non-hydrogen) atoms. The number of hydrogen-bond acceptors (Lipinski definition) is 6. The minimum Gasteiger partial charge on any atom is -0.494 e. The lowest BCUT2D eigenvalue weighted by molar-refractivity contribution is -0.143. The Labute approximate surface area is 269 Å². The Bertz CT molecular complexity index is 1520. The predicted octanol–water partition coefficient (Wildman–Crippen LogP) is 4.67. The van der Waals surface area contributed by atoms with Gasteiger partial charge < -0.3 is 30.1 Å². The van der Waals surface area contributed by atoms with Gasteiger partial charge in [0.2, 0.25) is 17.7 Å². The molecule has 3 aliphatic heterocycles. The van der Waals surface area contributed by atoms with Gasteiger partial charge in [-0.05, 0) is 73.9 Å². The van der Waals surface area contributed by atoms with Gasteiger partial charge in [0.15, 0.2) is 0 Å². The van der Waals surface area contributed by atoms with Crippen LogP contribution in [0.5, 0.6) is 5.75 Å². The summed E-state index contributed by atoms with van der Waals surface area (Å²) in [6, 6.07) is 21.4. The summed E-state index contributed by atoms with van der Waals surface area (Å²) in [5.41, 5.74) is 0.678. The van der Waals surface area contributed by atoms with Crippen molar-refractivity contribution < 1.29 is 29.0 Å². The number of halogens is 2. The third kappa shape index (κ3) is 5.49. The number of carbonyl (C=O) groups excluding carboxylic acids is 3. The Kier molecular flexibility index (Phi) is 8.70. The Morgan fingerprint density at radius 3 is 2.32 bits per heavy atom. The fourth-order valence-corrected chi connectivity index (χ4v) is 8.04. The zero-order valence-corrected chi connectivity index (χ0v) is 26.3. The fourth-order valence-electron chi connectivity index (χ4n) is 6.97. The molecule has 230 valence electrons. The Morgan fingerprint density at radius 2 is 1.68 bits per heavy atom. The average Bonchev–Trinajstić information content (AvgIpc) is 3.62. The van der Waals surface area contributed by atoms with Gasteiger partial charge in [-0.2, -0.15) is 0 Å². The second-order valence-corrected chi connectivity index (χ2v) is 13.0. The number of fused-ring (bicyclic) bond motifs is 1. The molecule has 3 unspecified atom stereocenters. The predicted molar refractivity (Wildman–Crippen MR) is 170 cm³/mol.